The number of thiazole rings is 1. The summed E-state index contributed by atoms with van der Waals surface area (Å²) in [5.41, 5.74) is 1.45. The lowest BCUT2D eigenvalue weighted by Crippen LogP contribution is -2.17. The van der Waals surface area contributed by atoms with E-state index in [0.29, 0.717) is 9.34 Å². The van der Waals surface area contributed by atoms with Crippen LogP contribution in [0.3, 0.4) is 0 Å². The van der Waals surface area contributed by atoms with Crippen LogP contribution in [0.15, 0.2) is 35.6 Å². The second-order valence-corrected chi connectivity index (χ2v) is 5.43. The van der Waals surface area contributed by atoms with Crippen molar-refractivity contribution in [3.05, 3.63) is 50.9 Å². The summed E-state index contributed by atoms with van der Waals surface area (Å²) in [4.78, 5) is 16.1. The molecule has 0 aliphatic rings. The largest absolute Gasteiger partial charge is 0.416 e. The molecule has 2 rings (SSSR count). The Hall–Kier alpha value is -1.93. The van der Waals surface area contributed by atoms with E-state index in [-0.39, 0.29) is 5.56 Å². The second kappa shape index (κ2) is 6.23. The molecule has 0 radical (unpaired) electrons. The number of benzene rings is 1. The SMILES string of the molecule is O=C(N/N=C\c1cnc(Cl)s1)c1ccc(C(F)(F)F)cc1. The summed E-state index contributed by atoms with van der Waals surface area (Å²) in [6.07, 6.45) is -1.62. The number of nitrogens with zero attached hydrogens (tertiary/aromatic N) is 2. The van der Waals surface area contributed by atoms with Gasteiger partial charge in [0.25, 0.3) is 5.91 Å². The molecule has 0 saturated carbocycles. The van der Waals surface area contributed by atoms with Crippen LogP contribution in [0, 0.1) is 0 Å². The summed E-state index contributed by atoms with van der Waals surface area (Å²) >= 11 is 6.78. The molecule has 1 amide bonds. The molecule has 21 heavy (non-hydrogen) atoms. The first-order valence-electron chi connectivity index (χ1n) is 5.48. The van der Waals surface area contributed by atoms with Crippen molar-refractivity contribution < 1.29 is 18.0 Å². The summed E-state index contributed by atoms with van der Waals surface area (Å²) in [6.45, 7) is 0. The summed E-state index contributed by atoms with van der Waals surface area (Å²) in [5.74, 6) is -0.615. The third kappa shape index (κ3) is 4.27. The molecule has 0 fully saturated rings. The smallest absolute Gasteiger partial charge is 0.267 e. The molecule has 9 heteroatoms. The molecule has 0 saturated heterocycles. The maximum absolute atomic E-state index is 12.4. The maximum Gasteiger partial charge on any atom is 0.416 e. The lowest BCUT2D eigenvalue weighted by atomic mass is 10.1. The Kier molecular flexibility index (Phi) is 4.59. The average Bonchev–Trinajstić information content (AvgIpc) is 2.83. The Morgan fingerprint density at radius 2 is 2.00 bits per heavy atom. The Morgan fingerprint density at radius 3 is 2.52 bits per heavy atom. The molecule has 1 heterocycles. The van der Waals surface area contributed by atoms with Crippen LogP contribution in [-0.2, 0) is 6.18 Å². The van der Waals surface area contributed by atoms with Gasteiger partial charge in [-0.25, -0.2) is 10.4 Å². The zero-order valence-corrected chi connectivity index (χ0v) is 11.8. The molecular weight excluding hydrogens is 327 g/mol. The van der Waals surface area contributed by atoms with Crippen molar-refractivity contribution in [1.82, 2.24) is 10.4 Å². The molecular formula is C12H7ClF3N3OS. The van der Waals surface area contributed by atoms with Gasteiger partial charge < -0.3 is 0 Å². The molecule has 0 atom stereocenters. The molecule has 0 bridgehead atoms. The predicted molar refractivity (Wildman–Crippen MR) is 73.6 cm³/mol. The summed E-state index contributed by atoms with van der Waals surface area (Å²) in [5, 5.41) is 3.67. The first-order valence-corrected chi connectivity index (χ1v) is 6.68. The number of hydrogen-bond donors (Lipinski definition) is 1. The average molecular weight is 334 g/mol. The minimum Gasteiger partial charge on any atom is -0.267 e. The lowest BCUT2D eigenvalue weighted by Gasteiger charge is -2.06. The Labute approximate surface area is 126 Å². The molecule has 2 aromatic rings. The van der Waals surface area contributed by atoms with Crippen LogP contribution in [0.4, 0.5) is 13.2 Å². The van der Waals surface area contributed by atoms with Crippen LogP contribution in [0.25, 0.3) is 0 Å². The molecule has 1 N–H and O–H groups in total. The van der Waals surface area contributed by atoms with Gasteiger partial charge in [-0.1, -0.05) is 11.6 Å². The molecule has 4 nitrogen and oxygen atoms in total. The van der Waals surface area contributed by atoms with Gasteiger partial charge >= 0.3 is 6.18 Å². The van der Waals surface area contributed by atoms with E-state index in [1.165, 1.54) is 23.7 Å². The van der Waals surface area contributed by atoms with E-state index in [1.807, 2.05) is 0 Å². The summed E-state index contributed by atoms with van der Waals surface area (Å²) < 4.78 is 37.5. The van der Waals surface area contributed by atoms with Crippen molar-refractivity contribution in [1.29, 1.82) is 0 Å². The fourth-order valence-corrected chi connectivity index (χ4v) is 2.18. The van der Waals surface area contributed by atoms with Gasteiger partial charge in [0, 0.05) is 11.8 Å². The van der Waals surface area contributed by atoms with Crippen LogP contribution in [0.1, 0.15) is 20.8 Å². The predicted octanol–water partition coefficient (Wildman–Crippen LogP) is 3.58. The zero-order valence-electron chi connectivity index (χ0n) is 10.2. The van der Waals surface area contributed by atoms with Crippen LogP contribution in [-0.4, -0.2) is 17.1 Å². The van der Waals surface area contributed by atoms with Gasteiger partial charge in [0.2, 0.25) is 0 Å². The highest BCUT2D eigenvalue weighted by Crippen LogP contribution is 2.29. The van der Waals surface area contributed by atoms with Crippen molar-refractivity contribution in [3.63, 3.8) is 0 Å². The highest BCUT2D eigenvalue weighted by molar-refractivity contribution is 7.17. The number of carbonyl (C=O) groups excluding carboxylic acids is 1. The van der Waals surface area contributed by atoms with E-state index >= 15 is 0 Å². The zero-order chi connectivity index (χ0) is 15.5. The standard InChI is InChI=1S/C12H7ClF3N3OS/c13-11-17-5-9(21-11)6-18-19-10(20)7-1-3-8(4-2-7)12(14,15)16/h1-6H,(H,19,20)/b18-6-. The Balaban J connectivity index is 1.99. The lowest BCUT2D eigenvalue weighted by molar-refractivity contribution is -0.137. The number of aromatic nitrogens is 1. The number of halogens is 4. The Bertz CT molecular complexity index is 667. The van der Waals surface area contributed by atoms with Crippen molar-refractivity contribution in [2.75, 3.05) is 0 Å². The minimum absolute atomic E-state index is 0.0717. The van der Waals surface area contributed by atoms with Crippen molar-refractivity contribution in [3.8, 4) is 0 Å². The van der Waals surface area contributed by atoms with Gasteiger partial charge in [-0.3, -0.25) is 4.79 Å². The molecule has 0 aliphatic heterocycles. The number of nitrogens with one attached hydrogen (secondary N) is 1. The van der Waals surface area contributed by atoms with Crippen molar-refractivity contribution >= 4 is 35.1 Å². The number of rotatable bonds is 3. The number of hydrogen-bond acceptors (Lipinski definition) is 4. The molecule has 0 unspecified atom stereocenters. The summed E-state index contributed by atoms with van der Waals surface area (Å²) in [6, 6.07) is 3.83. The number of alkyl halides is 3. The first-order chi connectivity index (χ1) is 9.86. The quantitative estimate of drug-likeness (QED) is 0.689. The Morgan fingerprint density at radius 1 is 1.33 bits per heavy atom. The van der Waals surface area contributed by atoms with Gasteiger partial charge in [0.05, 0.1) is 16.7 Å². The van der Waals surface area contributed by atoms with E-state index in [1.54, 1.807) is 0 Å². The number of carbonyl (C=O) groups is 1. The van der Waals surface area contributed by atoms with Crippen LogP contribution in [0.2, 0.25) is 4.47 Å². The van der Waals surface area contributed by atoms with E-state index in [2.05, 4.69) is 15.5 Å². The fraction of sp³-hybridized carbons (Fsp3) is 0.0833. The first kappa shape index (κ1) is 15.5. The molecule has 0 spiro atoms. The van der Waals surface area contributed by atoms with Gasteiger partial charge in [0.1, 0.15) is 0 Å². The van der Waals surface area contributed by atoms with Crippen molar-refractivity contribution in [2.45, 2.75) is 6.18 Å². The van der Waals surface area contributed by atoms with Gasteiger partial charge in [-0.05, 0) is 24.3 Å². The molecule has 1 aromatic heterocycles. The van der Waals surface area contributed by atoms with E-state index in [0.717, 1.165) is 24.3 Å². The van der Waals surface area contributed by atoms with Crippen LogP contribution >= 0.6 is 22.9 Å². The van der Waals surface area contributed by atoms with E-state index in [4.69, 9.17) is 11.6 Å². The molecule has 0 aliphatic carbocycles. The van der Waals surface area contributed by atoms with E-state index in [9.17, 15) is 18.0 Å². The van der Waals surface area contributed by atoms with Gasteiger partial charge in [-0.15, -0.1) is 11.3 Å². The third-order valence-corrected chi connectivity index (χ3v) is 3.38. The van der Waals surface area contributed by atoms with Gasteiger partial charge in [0.15, 0.2) is 4.47 Å². The third-order valence-electron chi connectivity index (χ3n) is 2.33. The number of hydrazone groups is 1. The summed E-state index contributed by atoms with van der Waals surface area (Å²) in [7, 11) is 0. The topological polar surface area (TPSA) is 54.4 Å². The minimum atomic E-state index is -4.43. The maximum atomic E-state index is 12.4. The molecule has 1 aromatic carbocycles. The van der Waals surface area contributed by atoms with Gasteiger partial charge in [-0.2, -0.15) is 18.3 Å². The monoisotopic (exact) mass is 333 g/mol. The van der Waals surface area contributed by atoms with Crippen LogP contribution < -0.4 is 5.43 Å². The highest BCUT2D eigenvalue weighted by atomic mass is 35.5. The molecule has 110 valence electrons. The van der Waals surface area contributed by atoms with Crippen molar-refractivity contribution in [2.24, 2.45) is 5.10 Å². The fourth-order valence-electron chi connectivity index (χ4n) is 1.35. The highest BCUT2D eigenvalue weighted by Gasteiger charge is 2.30. The van der Waals surface area contributed by atoms with Crippen LogP contribution in [0.5, 0.6) is 0 Å². The van der Waals surface area contributed by atoms with E-state index < -0.39 is 17.6 Å². The normalized spacial score (nSPS) is 11.8. The second-order valence-electron chi connectivity index (χ2n) is 3.79. The number of amides is 1.